The van der Waals surface area contributed by atoms with E-state index in [1.807, 2.05) is 9.44 Å². The quantitative estimate of drug-likeness (QED) is 0.262. The van der Waals surface area contributed by atoms with Crippen LogP contribution in [0, 0.1) is 0 Å². The van der Waals surface area contributed by atoms with Gasteiger partial charge in [-0.25, -0.2) is 21.6 Å². The molecule has 0 aliphatic carbocycles. The maximum Gasteiger partial charge on any atom is 0.416 e. The van der Waals surface area contributed by atoms with Crippen molar-refractivity contribution < 1.29 is 52.7 Å². The Morgan fingerprint density at radius 3 is 1.62 bits per heavy atom. The lowest BCUT2D eigenvalue weighted by Crippen LogP contribution is -2.19. The second-order valence-electron chi connectivity index (χ2n) is 7.74. The number of ether oxygens (including phenoxy) is 1. The van der Waals surface area contributed by atoms with Crippen molar-refractivity contribution in [3.8, 4) is 0 Å². The highest BCUT2D eigenvalue weighted by molar-refractivity contribution is 7.93. The van der Waals surface area contributed by atoms with E-state index >= 15 is 0 Å². The van der Waals surface area contributed by atoms with Gasteiger partial charge in [-0.1, -0.05) is 12.1 Å². The Morgan fingerprint density at radius 2 is 1.18 bits per heavy atom. The molecular formula is C23H18F6N2O6S2. The van der Waals surface area contributed by atoms with Crippen LogP contribution in [0.3, 0.4) is 0 Å². The number of anilines is 2. The Morgan fingerprint density at radius 1 is 0.718 bits per heavy atom. The van der Waals surface area contributed by atoms with Crippen molar-refractivity contribution in [2.75, 3.05) is 16.1 Å². The summed E-state index contributed by atoms with van der Waals surface area (Å²) >= 11 is 0. The molecule has 0 saturated heterocycles. The molecule has 0 bridgehead atoms. The van der Waals surface area contributed by atoms with Gasteiger partial charge in [0.15, 0.2) is 0 Å². The highest BCUT2D eigenvalue weighted by Crippen LogP contribution is 2.34. The van der Waals surface area contributed by atoms with Crippen LogP contribution >= 0.6 is 0 Å². The first kappa shape index (κ1) is 29.8. The lowest BCUT2D eigenvalue weighted by Gasteiger charge is -2.17. The fraction of sp³-hybridized carbons (Fsp3) is 0.174. The number of sulfonamides is 2. The molecule has 0 aromatic heterocycles. The Bertz CT molecular complexity index is 1600. The van der Waals surface area contributed by atoms with Gasteiger partial charge in [0, 0.05) is 0 Å². The van der Waals surface area contributed by atoms with Gasteiger partial charge in [-0.15, -0.1) is 0 Å². The Hall–Kier alpha value is -3.79. The van der Waals surface area contributed by atoms with E-state index in [0.29, 0.717) is 24.3 Å². The maximum absolute atomic E-state index is 13.1. The van der Waals surface area contributed by atoms with Crippen LogP contribution in [0.5, 0.6) is 0 Å². The minimum atomic E-state index is -4.87. The van der Waals surface area contributed by atoms with E-state index in [1.165, 1.54) is 6.92 Å². The third-order valence-corrected chi connectivity index (χ3v) is 7.69. The normalized spacial score (nSPS) is 12.6. The standard InChI is InChI=1S/C23H18F6N2O6S2/c1-2-37-21(32)14-9-10-19(30-38(33,34)17-7-3-5-15(12-17)22(24,25)26)20(11-14)31-39(35,36)18-8-4-6-16(13-18)23(27,28)29/h3-13,30-31H,2H2,1H3. The number of halogens is 6. The average molecular weight is 597 g/mol. The van der Waals surface area contributed by atoms with Gasteiger partial charge >= 0.3 is 18.3 Å². The van der Waals surface area contributed by atoms with E-state index in [2.05, 4.69) is 0 Å². The van der Waals surface area contributed by atoms with E-state index in [-0.39, 0.29) is 12.2 Å². The average Bonchev–Trinajstić information content (AvgIpc) is 2.84. The minimum Gasteiger partial charge on any atom is -0.462 e. The summed E-state index contributed by atoms with van der Waals surface area (Å²) in [5.74, 6) is -0.940. The van der Waals surface area contributed by atoms with Crippen molar-refractivity contribution in [3.63, 3.8) is 0 Å². The van der Waals surface area contributed by atoms with E-state index in [1.54, 1.807) is 0 Å². The van der Waals surface area contributed by atoms with Crippen LogP contribution in [0.4, 0.5) is 37.7 Å². The van der Waals surface area contributed by atoms with Crippen LogP contribution in [-0.4, -0.2) is 29.4 Å². The molecule has 2 N–H and O–H groups in total. The summed E-state index contributed by atoms with van der Waals surface area (Å²) in [6.45, 7) is 1.40. The molecule has 16 heteroatoms. The van der Waals surface area contributed by atoms with Gasteiger partial charge in [-0.2, -0.15) is 26.3 Å². The number of hydrogen-bond donors (Lipinski definition) is 2. The van der Waals surface area contributed by atoms with Crippen molar-refractivity contribution in [2.45, 2.75) is 29.1 Å². The third-order valence-electron chi connectivity index (χ3n) is 4.96. The van der Waals surface area contributed by atoms with E-state index in [9.17, 15) is 48.0 Å². The second kappa shape index (κ2) is 10.8. The number of nitrogens with one attached hydrogen (secondary N) is 2. The first-order valence-electron chi connectivity index (χ1n) is 10.7. The molecule has 0 spiro atoms. The highest BCUT2D eigenvalue weighted by Gasteiger charge is 2.33. The van der Waals surface area contributed by atoms with Crippen molar-refractivity contribution in [3.05, 3.63) is 83.4 Å². The summed E-state index contributed by atoms with van der Waals surface area (Å²) in [5.41, 5.74) is -3.98. The van der Waals surface area contributed by atoms with Crippen LogP contribution in [-0.2, 0) is 37.1 Å². The number of alkyl halides is 6. The monoisotopic (exact) mass is 596 g/mol. The fourth-order valence-electron chi connectivity index (χ4n) is 3.15. The molecule has 0 amide bonds. The molecule has 0 aliphatic heterocycles. The van der Waals surface area contributed by atoms with Crippen LogP contribution in [0.2, 0.25) is 0 Å². The van der Waals surface area contributed by atoms with E-state index in [4.69, 9.17) is 4.74 Å². The molecule has 3 aromatic carbocycles. The Labute approximate surface area is 218 Å². The third kappa shape index (κ3) is 7.20. The highest BCUT2D eigenvalue weighted by atomic mass is 32.2. The summed E-state index contributed by atoms with van der Waals surface area (Å²) in [7, 11) is -9.56. The fourth-order valence-corrected chi connectivity index (χ4v) is 5.39. The summed E-state index contributed by atoms with van der Waals surface area (Å²) in [4.78, 5) is 10.5. The summed E-state index contributed by atoms with van der Waals surface area (Å²) in [6, 6.07) is 8.18. The SMILES string of the molecule is CCOC(=O)c1ccc(NS(=O)(=O)c2cccc(C(F)(F)F)c2)c(NS(=O)(=O)c2cccc(C(F)(F)F)c2)c1. The molecule has 3 rings (SSSR count). The van der Waals surface area contributed by atoms with Crippen LogP contribution < -0.4 is 9.44 Å². The zero-order valence-corrected chi connectivity index (χ0v) is 21.2. The van der Waals surface area contributed by atoms with Gasteiger partial charge in [-0.3, -0.25) is 9.44 Å². The minimum absolute atomic E-state index is 0.0753. The van der Waals surface area contributed by atoms with Gasteiger partial charge in [0.05, 0.1) is 44.5 Å². The molecule has 0 radical (unpaired) electrons. The summed E-state index contributed by atoms with van der Waals surface area (Å²) in [5, 5.41) is 0. The second-order valence-corrected chi connectivity index (χ2v) is 11.1. The van der Waals surface area contributed by atoms with E-state index in [0.717, 1.165) is 42.5 Å². The molecule has 210 valence electrons. The molecule has 0 aliphatic rings. The number of esters is 1. The first-order valence-corrected chi connectivity index (χ1v) is 13.6. The topological polar surface area (TPSA) is 119 Å². The molecule has 0 fully saturated rings. The van der Waals surface area contributed by atoms with Gasteiger partial charge < -0.3 is 4.74 Å². The Kier molecular flexibility index (Phi) is 8.21. The lowest BCUT2D eigenvalue weighted by molar-refractivity contribution is -0.138. The number of hydrogen-bond acceptors (Lipinski definition) is 6. The molecular weight excluding hydrogens is 578 g/mol. The van der Waals surface area contributed by atoms with E-state index < -0.39 is 70.7 Å². The Balaban J connectivity index is 2.08. The van der Waals surface area contributed by atoms with Crippen molar-refractivity contribution in [1.29, 1.82) is 0 Å². The van der Waals surface area contributed by atoms with Gasteiger partial charge in [0.25, 0.3) is 20.0 Å². The molecule has 39 heavy (non-hydrogen) atoms. The molecule has 0 heterocycles. The number of benzene rings is 3. The van der Waals surface area contributed by atoms with Crippen LogP contribution in [0.15, 0.2) is 76.5 Å². The first-order chi connectivity index (χ1) is 17.9. The molecule has 8 nitrogen and oxygen atoms in total. The summed E-state index contributed by atoms with van der Waals surface area (Å²) < 4.78 is 139. The number of carbonyl (C=O) groups excluding carboxylic acids is 1. The predicted molar refractivity (Wildman–Crippen MR) is 127 cm³/mol. The largest absolute Gasteiger partial charge is 0.462 e. The van der Waals surface area contributed by atoms with Crippen LogP contribution in [0.25, 0.3) is 0 Å². The zero-order chi connectivity index (χ0) is 29.2. The molecule has 0 atom stereocenters. The van der Waals surface area contributed by atoms with Crippen molar-refractivity contribution in [1.82, 2.24) is 0 Å². The molecule has 0 saturated carbocycles. The van der Waals surface area contributed by atoms with Crippen LogP contribution in [0.1, 0.15) is 28.4 Å². The lowest BCUT2D eigenvalue weighted by atomic mass is 10.2. The van der Waals surface area contributed by atoms with Gasteiger partial charge in [-0.05, 0) is 61.5 Å². The molecule has 3 aromatic rings. The summed E-state index contributed by atoms with van der Waals surface area (Å²) in [6.07, 6.45) is -9.74. The number of rotatable bonds is 8. The predicted octanol–water partition coefficient (Wildman–Crippen LogP) is 5.50. The van der Waals surface area contributed by atoms with Crippen molar-refractivity contribution in [2.24, 2.45) is 0 Å². The number of carbonyl (C=O) groups is 1. The van der Waals surface area contributed by atoms with Gasteiger partial charge in [0.2, 0.25) is 0 Å². The maximum atomic E-state index is 13.1. The smallest absolute Gasteiger partial charge is 0.416 e. The molecule has 0 unspecified atom stereocenters. The zero-order valence-electron chi connectivity index (χ0n) is 19.6. The van der Waals surface area contributed by atoms with Crippen molar-refractivity contribution >= 4 is 37.4 Å². The van der Waals surface area contributed by atoms with Gasteiger partial charge in [0.1, 0.15) is 0 Å².